The highest BCUT2D eigenvalue weighted by atomic mass is 127. The van der Waals surface area contributed by atoms with E-state index in [-0.39, 0.29) is 11.8 Å². The predicted octanol–water partition coefficient (Wildman–Crippen LogP) is 2.22. The molecule has 1 N–H and O–H groups in total. The fourth-order valence-electron chi connectivity index (χ4n) is 3.28. The molecule has 1 aromatic carbocycles. The van der Waals surface area contributed by atoms with Crippen LogP contribution in [0.25, 0.3) is 0 Å². The molecule has 4 heteroatoms. The molecule has 1 aromatic rings. The summed E-state index contributed by atoms with van der Waals surface area (Å²) < 4.78 is 1.28. The van der Waals surface area contributed by atoms with Gasteiger partial charge in [0.15, 0.2) is 0 Å². The van der Waals surface area contributed by atoms with Crippen LogP contribution in [0.4, 0.5) is 0 Å². The minimum atomic E-state index is 0.218. The van der Waals surface area contributed by atoms with Gasteiger partial charge in [-0.05, 0) is 91.7 Å². The highest BCUT2D eigenvalue weighted by Crippen LogP contribution is 2.25. The molecule has 1 amide bonds. The normalized spacial score (nSPS) is 23.6. The number of likely N-dealkylation sites (tertiary alicyclic amines) is 1. The first-order valence-electron chi connectivity index (χ1n) is 7.38. The number of carbonyl (C=O) groups excluding carboxylic acids is 1. The summed E-state index contributed by atoms with van der Waals surface area (Å²) in [5.74, 6) is 0.487. The third-order valence-corrected chi connectivity index (χ3v) is 5.21. The van der Waals surface area contributed by atoms with E-state index >= 15 is 0 Å². The summed E-state index contributed by atoms with van der Waals surface area (Å²) in [5.41, 5.74) is 2.81. The van der Waals surface area contributed by atoms with Crippen molar-refractivity contribution in [2.75, 3.05) is 20.1 Å². The number of fused-ring (bicyclic) bond motifs is 1. The smallest absolute Gasteiger partial charge is 0.223 e. The average Bonchev–Trinajstić information content (AvgIpc) is 2.80. The van der Waals surface area contributed by atoms with Crippen molar-refractivity contribution in [3.8, 4) is 0 Å². The lowest BCUT2D eigenvalue weighted by Gasteiger charge is -2.29. The van der Waals surface area contributed by atoms with Crippen LogP contribution in [0.15, 0.2) is 18.2 Å². The Balaban J connectivity index is 1.56. The minimum Gasteiger partial charge on any atom is -0.352 e. The lowest BCUT2D eigenvalue weighted by atomic mass is 9.96. The van der Waals surface area contributed by atoms with E-state index in [0.717, 1.165) is 38.8 Å². The second-order valence-corrected chi connectivity index (χ2v) is 7.35. The highest BCUT2D eigenvalue weighted by molar-refractivity contribution is 14.1. The van der Waals surface area contributed by atoms with E-state index in [1.54, 1.807) is 0 Å². The molecular formula is C16H21IN2O. The van der Waals surface area contributed by atoms with Gasteiger partial charge in [0, 0.05) is 15.5 Å². The Kier molecular flexibility index (Phi) is 4.31. The van der Waals surface area contributed by atoms with E-state index in [1.807, 2.05) is 0 Å². The van der Waals surface area contributed by atoms with Crippen LogP contribution in [-0.2, 0) is 17.6 Å². The zero-order valence-corrected chi connectivity index (χ0v) is 14.0. The van der Waals surface area contributed by atoms with Crippen molar-refractivity contribution in [2.45, 2.75) is 31.7 Å². The number of benzene rings is 1. The van der Waals surface area contributed by atoms with Gasteiger partial charge in [0.1, 0.15) is 0 Å². The molecule has 1 atom stereocenters. The first kappa shape index (κ1) is 14.3. The number of nitrogens with zero attached hydrogens (tertiary/aromatic N) is 1. The minimum absolute atomic E-state index is 0.218. The molecule has 3 rings (SSSR count). The Morgan fingerprint density at radius 1 is 1.25 bits per heavy atom. The lowest BCUT2D eigenvalue weighted by molar-refractivity contribution is -0.127. The maximum atomic E-state index is 12.3. The Labute approximate surface area is 134 Å². The molecule has 2 aliphatic rings. The van der Waals surface area contributed by atoms with E-state index in [4.69, 9.17) is 0 Å². The lowest BCUT2D eigenvalue weighted by Crippen LogP contribution is -2.43. The van der Waals surface area contributed by atoms with E-state index in [0.29, 0.717) is 6.04 Å². The summed E-state index contributed by atoms with van der Waals surface area (Å²) in [6.07, 6.45) is 3.98. The number of carbonyl (C=O) groups is 1. The average molecular weight is 384 g/mol. The zero-order valence-electron chi connectivity index (χ0n) is 11.9. The third-order valence-electron chi connectivity index (χ3n) is 4.54. The second kappa shape index (κ2) is 6.02. The van der Waals surface area contributed by atoms with Crippen LogP contribution in [0.5, 0.6) is 0 Å². The molecule has 1 heterocycles. The van der Waals surface area contributed by atoms with E-state index < -0.39 is 0 Å². The molecule has 1 unspecified atom stereocenters. The standard InChI is InChI=1S/C16H21IN2O/c1-19-6-4-11(5-7-19)16(20)18-15-9-12-2-3-14(17)8-13(12)10-15/h2-3,8,11,15H,4-7,9-10H2,1H3,(H,18,20). The van der Waals surface area contributed by atoms with E-state index in [2.05, 4.69) is 58.1 Å². The summed E-state index contributed by atoms with van der Waals surface area (Å²) in [4.78, 5) is 14.7. The number of amides is 1. The van der Waals surface area contributed by atoms with Crippen LogP contribution >= 0.6 is 22.6 Å². The van der Waals surface area contributed by atoms with Crippen LogP contribution in [0.2, 0.25) is 0 Å². The highest BCUT2D eigenvalue weighted by Gasteiger charge is 2.28. The number of halogens is 1. The van der Waals surface area contributed by atoms with Crippen molar-refractivity contribution >= 4 is 28.5 Å². The fourth-order valence-corrected chi connectivity index (χ4v) is 3.83. The van der Waals surface area contributed by atoms with Crippen LogP contribution in [0, 0.1) is 9.49 Å². The summed E-state index contributed by atoms with van der Waals surface area (Å²) >= 11 is 2.35. The van der Waals surface area contributed by atoms with Crippen LogP contribution in [0.1, 0.15) is 24.0 Å². The number of hydrogen-bond acceptors (Lipinski definition) is 2. The number of rotatable bonds is 2. The van der Waals surface area contributed by atoms with Gasteiger partial charge in [0.25, 0.3) is 0 Å². The predicted molar refractivity (Wildman–Crippen MR) is 88.7 cm³/mol. The maximum Gasteiger partial charge on any atom is 0.223 e. The second-order valence-electron chi connectivity index (χ2n) is 6.10. The summed E-state index contributed by atoms with van der Waals surface area (Å²) in [5, 5.41) is 3.27. The van der Waals surface area contributed by atoms with Crippen molar-refractivity contribution in [3.05, 3.63) is 32.9 Å². The topological polar surface area (TPSA) is 32.3 Å². The van der Waals surface area contributed by atoms with Gasteiger partial charge >= 0.3 is 0 Å². The van der Waals surface area contributed by atoms with Crippen molar-refractivity contribution in [2.24, 2.45) is 5.92 Å². The Morgan fingerprint density at radius 3 is 2.70 bits per heavy atom. The van der Waals surface area contributed by atoms with Gasteiger partial charge in [-0.25, -0.2) is 0 Å². The van der Waals surface area contributed by atoms with Gasteiger partial charge < -0.3 is 10.2 Å². The molecule has 1 saturated heterocycles. The molecule has 1 aliphatic heterocycles. The molecule has 20 heavy (non-hydrogen) atoms. The van der Waals surface area contributed by atoms with E-state index in [1.165, 1.54) is 14.7 Å². The molecule has 0 bridgehead atoms. The third kappa shape index (κ3) is 3.17. The van der Waals surface area contributed by atoms with Gasteiger partial charge in [0.05, 0.1) is 0 Å². The molecule has 0 aromatic heterocycles. The Bertz CT molecular complexity index is 509. The SMILES string of the molecule is CN1CCC(C(=O)NC2Cc3ccc(I)cc3C2)CC1. The van der Waals surface area contributed by atoms with Gasteiger partial charge in [-0.15, -0.1) is 0 Å². The summed E-state index contributed by atoms with van der Waals surface area (Å²) in [7, 11) is 2.13. The van der Waals surface area contributed by atoms with Crippen molar-refractivity contribution in [1.82, 2.24) is 10.2 Å². The number of hydrogen-bond donors (Lipinski definition) is 1. The molecule has 1 fully saturated rings. The van der Waals surface area contributed by atoms with Gasteiger partial charge in [-0.3, -0.25) is 4.79 Å². The summed E-state index contributed by atoms with van der Waals surface area (Å²) in [6, 6.07) is 6.91. The van der Waals surface area contributed by atoms with Crippen LogP contribution in [-0.4, -0.2) is 37.0 Å². The van der Waals surface area contributed by atoms with Gasteiger partial charge in [-0.2, -0.15) is 0 Å². The van der Waals surface area contributed by atoms with Crippen LogP contribution < -0.4 is 5.32 Å². The molecule has 108 valence electrons. The van der Waals surface area contributed by atoms with Crippen LogP contribution in [0.3, 0.4) is 0 Å². The van der Waals surface area contributed by atoms with Crippen molar-refractivity contribution in [3.63, 3.8) is 0 Å². The molecule has 0 radical (unpaired) electrons. The quantitative estimate of drug-likeness (QED) is 0.794. The van der Waals surface area contributed by atoms with E-state index in [9.17, 15) is 4.79 Å². The Hall–Kier alpha value is -0.620. The first-order valence-corrected chi connectivity index (χ1v) is 8.46. The maximum absolute atomic E-state index is 12.3. The molecular weight excluding hydrogens is 363 g/mol. The number of piperidine rings is 1. The first-order chi connectivity index (χ1) is 9.61. The van der Waals surface area contributed by atoms with Gasteiger partial charge in [-0.1, -0.05) is 6.07 Å². The van der Waals surface area contributed by atoms with Crippen molar-refractivity contribution < 1.29 is 4.79 Å². The molecule has 0 spiro atoms. The zero-order chi connectivity index (χ0) is 14.1. The Morgan fingerprint density at radius 2 is 1.95 bits per heavy atom. The fraction of sp³-hybridized carbons (Fsp3) is 0.562. The monoisotopic (exact) mass is 384 g/mol. The molecule has 0 saturated carbocycles. The van der Waals surface area contributed by atoms with Crippen molar-refractivity contribution in [1.29, 1.82) is 0 Å². The molecule has 3 nitrogen and oxygen atoms in total. The number of nitrogens with one attached hydrogen (secondary N) is 1. The molecule has 1 aliphatic carbocycles. The largest absolute Gasteiger partial charge is 0.352 e. The summed E-state index contributed by atoms with van der Waals surface area (Å²) in [6.45, 7) is 2.09. The van der Waals surface area contributed by atoms with Gasteiger partial charge in [0.2, 0.25) is 5.91 Å².